The molecule has 0 atom stereocenters. The second-order valence-electron chi connectivity index (χ2n) is 6.22. The number of hydrogen-bond donors (Lipinski definition) is 1. The van der Waals surface area contributed by atoms with Gasteiger partial charge in [-0.25, -0.2) is 4.98 Å². The molecule has 0 unspecified atom stereocenters. The van der Waals surface area contributed by atoms with E-state index in [9.17, 15) is 4.79 Å². The molecule has 3 aromatic rings. The Kier molecular flexibility index (Phi) is 4.21. The Morgan fingerprint density at radius 3 is 2.67 bits per heavy atom. The van der Waals surface area contributed by atoms with Crippen LogP contribution >= 0.6 is 22.7 Å². The van der Waals surface area contributed by atoms with E-state index in [2.05, 4.69) is 40.6 Å². The van der Waals surface area contributed by atoms with Crippen LogP contribution in [0.5, 0.6) is 0 Å². The number of carbonyl (C=O) groups excluding carboxylic acids is 1. The highest BCUT2D eigenvalue weighted by Gasteiger charge is 2.44. The van der Waals surface area contributed by atoms with Crippen LogP contribution in [0.15, 0.2) is 53.2 Å². The van der Waals surface area contributed by atoms with Crippen molar-refractivity contribution in [3.05, 3.63) is 64.5 Å². The van der Waals surface area contributed by atoms with Gasteiger partial charge in [0.05, 0.1) is 17.0 Å². The van der Waals surface area contributed by atoms with Gasteiger partial charge in [-0.1, -0.05) is 36.4 Å². The molecule has 2 aromatic heterocycles. The molecule has 122 valence electrons. The molecule has 0 spiro atoms. The van der Waals surface area contributed by atoms with Crippen LogP contribution in [-0.4, -0.2) is 17.4 Å². The first-order chi connectivity index (χ1) is 11.8. The first kappa shape index (κ1) is 15.5. The molecule has 1 aliphatic rings. The summed E-state index contributed by atoms with van der Waals surface area (Å²) in [7, 11) is 0. The van der Waals surface area contributed by atoms with Crippen LogP contribution in [0.1, 0.15) is 24.1 Å². The molecular formula is C19H18N2OS2. The van der Waals surface area contributed by atoms with Crippen molar-refractivity contribution in [2.45, 2.75) is 24.7 Å². The summed E-state index contributed by atoms with van der Waals surface area (Å²) in [5.74, 6) is 0.0558. The van der Waals surface area contributed by atoms with Gasteiger partial charge in [-0.2, -0.15) is 0 Å². The summed E-state index contributed by atoms with van der Waals surface area (Å²) in [6.45, 7) is 0.720. The number of hydrogen-bond acceptors (Lipinski definition) is 4. The minimum absolute atomic E-state index is 0.0558. The second-order valence-corrected chi connectivity index (χ2v) is 8.03. The molecule has 1 aliphatic carbocycles. The van der Waals surface area contributed by atoms with Crippen molar-refractivity contribution in [2.24, 2.45) is 0 Å². The molecule has 0 saturated heterocycles. The number of aromatic nitrogens is 1. The number of amides is 1. The highest BCUT2D eigenvalue weighted by atomic mass is 32.1. The minimum Gasteiger partial charge on any atom is -0.355 e. The van der Waals surface area contributed by atoms with Crippen molar-refractivity contribution < 1.29 is 4.79 Å². The lowest BCUT2D eigenvalue weighted by atomic mass is 9.96. The Morgan fingerprint density at radius 2 is 1.96 bits per heavy atom. The lowest BCUT2D eigenvalue weighted by molar-refractivity contribution is -0.120. The van der Waals surface area contributed by atoms with Crippen LogP contribution in [-0.2, 0) is 16.6 Å². The number of thiazole rings is 1. The Balaban J connectivity index is 1.34. The van der Waals surface area contributed by atoms with Gasteiger partial charge in [-0.05, 0) is 29.9 Å². The molecule has 1 amide bonds. The zero-order valence-corrected chi connectivity index (χ0v) is 14.8. The molecule has 5 heteroatoms. The van der Waals surface area contributed by atoms with E-state index in [1.54, 1.807) is 22.7 Å². The van der Waals surface area contributed by atoms with Crippen LogP contribution in [0.2, 0.25) is 0 Å². The molecule has 1 saturated carbocycles. The first-order valence-electron chi connectivity index (χ1n) is 8.06. The smallest absolute Gasteiger partial charge is 0.226 e. The van der Waals surface area contributed by atoms with E-state index in [1.807, 2.05) is 22.9 Å². The van der Waals surface area contributed by atoms with Gasteiger partial charge in [0, 0.05) is 17.3 Å². The summed E-state index contributed by atoms with van der Waals surface area (Å²) in [5, 5.41) is 8.13. The fourth-order valence-electron chi connectivity index (χ4n) is 2.91. The van der Waals surface area contributed by atoms with Crippen molar-refractivity contribution >= 4 is 28.6 Å². The quantitative estimate of drug-likeness (QED) is 0.718. The predicted molar refractivity (Wildman–Crippen MR) is 99.5 cm³/mol. The molecule has 4 rings (SSSR count). The molecule has 24 heavy (non-hydrogen) atoms. The molecule has 0 bridgehead atoms. The van der Waals surface area contributed by atoms with E-state index in [4.69, 9.17) is 0 Å². The predicted octanol–water partition coefficient (Wildman–Crippen LogP) is 4.26. The van der Waals surface area contributed by atoms with Gasteiger partial charge in [0.25, 0.3) is 0 Å². The van der Waals surface area contributed by atoms with E-state index in [0.29, 0.717) is 6.42 Å². The topological polar surface area (TPSA) is 42.0 Å². The molecule has 1 aromatic carbocycles. The van der Waals surface area contributed by atoms with E-state index in [1.165, 1.54) is 5.56 Å². The molecule has 2 heterocycles. The second kappa shape index (κ2) is 6.49. The van der Waals surface area contributed by atoms with Crippen LogP contribution in [0.4, 0.5) is 0 Å². The van der Waals surface area contributed by atoms with Crippen molar-refractivity contribution in [2.75, 3.05) is 6.54 Å². The maximum absolute atomic E-state index is 12.3. The number of carbonyl (C=O) groups is 1. The van der Waals surface area contributed by atoms with Crippen molar-refractivity contribution in [3.63, 3.8) is 0 Å². The molecule has 0 aliphatic heterocycles. The van der Waals surface area contributed by atoms with Gasteiger partial charge in [-0.3, -0.25) is 4.79 Å². The summed E-state index contributed by atoms with van der Waals surface area (Å²) < 4.78 is 0. The monoisotopic (exact) mass is 354 g/mol. The lowest BCUT2D eigenvalue weighted by Crippen LogP contribution is -2.33. The Bertz CT molecular complexity index is 820. The summed E-state index contributed by atoms with van der Waals surface area (Å²) in [6, 6.07) is 14.6. The maximum atomic E-state index is 12.3. The van der Waals surface area contributed by atoms with Crippen LogP contribution in [0, 0.1) is 0 Å². The average molecular weight is 355 g/mol. The fourth-order valence-corrected chi connectivity index (χ4v) is 4.54. The standard InChI is InChI=1S/C19H18N2OS2/c22-17(11-15-12-24-18(21-15)16-7-4-10-23-16)20-13-19(8-9-19)14-5-2-1-3-6-14/h1-7,10,12H,8-9,11,13H2,(H,20,22). The number of benzene rings is 1. The van der Waals surface area contributed by atoms with Gasteiger partial charge in [0.15, 0.2) is 0 Å². The van der Waals surface area contributed by atoms with Crippen LogP contribution in [0.3, 0.4) is 0 Å². The number of nitrogens with zero attached hydrogens (tertiary/aromatic N) is 1. The van der Waals surface area contributed by atoms with Crippen LogP contribution < -0.4 is 5.32 Å². The third kappa shape index (κ3) is 3.28. The highest BCUT2D eigenvalue weighted by Crippen LogP contribution is 2.47. The summed E-state index contributed by atoms with van der Waals surface area (Å²) in [4.78, 5) is 18.0. The largest absolute Gasteiger partial charge is 0.355 e. The van der Waals surface area contributed by atoms with Gasteiger partial charge in [-0.15, -0.1) is 22.7 Å². The van der Waals surface area contributed by atoms with Crippen molar-refractivity contribution in [3.8, 4) is 9.88 Å². The minimum atomic E-state index is 0.0558. The van der Waals surface area contributed by atoms with E-state index in [-0.39, 0.29) is 11.3 Å². The van der Waals surface area contributed by atoms with E-state index < -0.39 is 0 Å². The Morgan fingerprint density at radius 1 is 1.12 bits per heavy atom. The number of rotatable bonds is 6. The summed E-state index contributed by atoms with van der Waals surface area (Å²) in [5.41, 5.74) is 2.34. The third-order valence-corrected chi connectivity index (χ3v) is 6.42. The zero-order chi connectivity index (χ0) is 16.4. The average Bonchev–Trinajstić information content (AvgIpc) is 3.00. The molecule has 1 N–H and O–H groups in total. The summed E-state index contributed by atoms with van der Waals surface area (Å²) >= 11 is 3.28. The fraction of sp³-hybridized carbons (Fsp3) is 0.263. The van der Waals surface area contributed by atoms with Gasteiger partial charge < -0.3 is 5.32 Å². The first-order valence-corrected chi connectivity index (χ1v) is 9.82. The number of thiophene rings is 1. The van der Waals surface area contributed by atoms with E-state index in [0.717, 1.165) is 35.0 Å². The van der Waals surface area contributed by atoms with Gasteiger partial charge in [0.1, 0.15) is 5.01 Å². The summed E-state index contributed by atoms with van der Waals surface area (Å²) in [6.07, 6.45) is 2.65. The molecule has 3 nitrogen and oxygen atoms in total. The van der Waals surface area contributed by atoms with Crippen molar-refractivity contribution in [1.82, 2.24) is 10.3 Å². The zero-order valence-electron chi connectivity index (χ0n) is 13.2. The van der Waals surface area contributed by atoms with Gasteiger partial charge >= 0.3 is 0 Å². The molecule has 0 radical (unpaired) electrons. The SMILES string of the molecule is O=C(Cc1csc(-c2cccs2)n1)NCC1(c2ccccc2)CC1. The Labute approximate surface area is 149 Å². The third-order valence-electron chi connectivity index (χ3n) is 4.49. The molecular weight excluding hydrogens is 336 g/mol. The number of nitrogens with one attached hydrogen (secondary N) is 1. The molecule has 1 fully saturated rings. The normalized spacial score (nSPS) is 15.2. The van der Waals surface area contributed by atoms with E-state index >= 15 is 0 Å². The Hall–Kier alpha value is -1.98. The maximum Gasteiger partial charge on any atom is 0.226 e. The van der Waals surface area contributed by atoms with Crippen LogP contribution in [0.25, 0.3) is 9.88 Å². The van der Waals surface area contributed by atoms with Gasteiger partial charge in [0.2, 0.25) is 5.91 Å². The van der Waals surface area contributed by atoms with Crippen molar-refractivity contribution in [1.29, 1.82) is 0 Å². The lowest BCUT2D eigenvalue weighted by Gasteiger charge is -2.16. The highest BCUT2D eigenvalue weighted by molar-refractivity contribution is 7.20.